The summed E-state index contributed by atoms with van der Waals surface area (Å²) < 4.78 is 26.9. The van der Waals surface area contributed by atoms with Gasteiger partial charge in [-0.25, -0.2) is 13.6 Å². The lowest BCUT2D eigenvalue weighted by molar-refractivity contribution is -0.140. The summed E-state index contributed by atoms with van der Waals surface area (Å²) in [7, 11) is 0. The molecule has 0 bridgehead atoms. The Kier molecular flexibility index (Phi) is 5.01. The number of anilines is 1. The van der Waals surface area contributed by atoms with Crippen molar-refractivity contribution in [3.63, 3.8) is 0 Å². The van der Waals surface area contributed by atoms with Crippen LogP contribution in [0.1, 0.15) is 19.8 Å². The van der Waals surface area contributed by atoms with E-state index >= 15 is 0 Å². The van der Waals surface area contributed by atoms with E-state index in [1.807, 2.05) is 17.1 Å². The van der Waals surface area contributed by atoms with Crippen molar-refractivity contribution in [2.24, 2.45) is 0 Å². The summed E-state index contributed by atoms with van der Waals surface area (Å²) in [6.45, 7) is 2.88. The smallest absolute Gasteiger partial charge is 0.324 e. The number of imide groups is 1. The third kappa shape index (κ3) is 4.00. The SMILES string of the molecule is C[C@H]1CN(C(=O)CC[C@@]2(O)NC(=O)NC2=O)CCN1c1cc(F)cc(F)c1. The van der Waals surface area contributed by atoms with Crippen LogP contribution in [0.4, 0.5) is 19.3 Å². The van der Waals surface area contributed by atoms with Gasteiger partial charge >= 0.3 is 6.03 Å². The molecule has 2 fully saturated rings. The number of urea groups is 1. The number of nitrogens with one attached hydrogen (secondary N) is 2. The van der Waals surface area contributed by atoms with Gasteiger partial charge in [0.2, 0.25) is 11.6 Å². The molecular formula is C17H20F2N4O4. The lowest BCUT2D eigenvalue weighted by Crippen LogP contribution is -2.54. The van der Waals surface area contributed by atoms with Crippen molar-refractivity contribution in [3.8, 4) is 0 Å². The first-order chi connectivity index (χ1) is 12.7. The molecule has 146 valence electrons. The van der Waals surface area contributed by atoms with E-state index in [0.717, 1.165) is 6.07 Å². The average Bonchev–Trinajstić information content (AvgIpc) is 2.84. The van der Waals surface area contributed by atoms with Gasteiger partial charge in [0, 0.05) is 50.3 Å². The fourth-order valence-electron chi connectivity index (χ4n) is 3.38. The van der Waals surface area contributed by atoms with Crippen LogP contribution in [0.5, 0.6) is 0 Å². The van der Waals surface area contributed by atoms with E-state index in [1.165, 1.54) is 12.1 Å². The first kappa shape index (κ1) is 19.0. The van der Waals surface area contributed by atoms with Gasteiger partial charge in [-0.3, -0.25) is 14.9 Å². The maximum atomic E-state index is 13.4. The summed E-state index contributed by atoms with van der Waals surface area (Å²) in [5.41, 5.74) is -1.68. The fourth-order valence-corrected chi connectivity index (χ4v) is 3.38. The van der Waals surface area contributed by atoms with Crippen molar-refractivity contribution < 1.29 is 28.3 Å². The number of halogens is 2. The molecule has 4 amide bonds. The summed E-state index contributed by atoms with van der Waals surface area (Å²) >= 11 is 0. The Morgan fingerprint density at radius 3 is 2.48 bits per heavy atom. The molecule has 0 aliphatic carbocycles. The molecule has 3 N–H and O–H groups in total. The number of amides is 4. The highest BCUT2D eigenvalue weighted by Crippen LogP contribution is 2.24. The molecule has 0 saturated carbocycles. The van der Waals surface area contributed by atoms with Gasteiger partial charge in [0.25, 0.3) is 5.91 Å². The quantitative estimate of drug-likeness (QED) is 0.651. The number of aliphatic hydroxyl groups is 1. The van der Waals surface area contributed by atoms with Gasteiger partial charge in [-0.05, 0) is 19.1 Å². The lowest BCUT2D eigenvalue weighted by Gasteiger charge is -2.41. The molecule has 1 aromatic carbocycles. The first-order valence-corrected chi connectivity index (χ1v) is 8.54. The Balaban J connectivity index is 1.58. The summed E-state index contributed by atoms with van der Waals surface area (Å²) in [5.74, 6) is -2.50. The molecule has 0 spiro atoms. The third-order valence-corrected chi connectivity index (χ3v) is 4.78. The third-order valence-electron chi connectivity index (χ3n) is 4.78. The van der Waals surface area contributed by atoms with Gasteiger partial charge in [-0.1, -0.05) is 0 Å². The molecule has 0 unspecified atom stereocenters. The van der Waals surface area contributed by atoms with Gasteiger partial charge in [0.15, 0.2) is 0 Å². The minimum atomic E-state index is -2.08. The molecule has 27 heavy (non-hydrogen) atoms. The Labute approximate surface area is 154 Å². The Bertz CT molecular complexity index is 770. The van der Waals surface area contributed by atoms with E-state index in [9.17, 15) is 28.3 Å². The van der Waals surface area contributed by atoms with Gasteiger partial charge in [0.1, 0.15) is 11.6 Å². The molecule has 2 aliphatic heterocycles. The van der Waals surface area contributed by atoms with Crippen LogP contribution in [0, 0.1) is 11.6 Å². The van der Waals surface area contributed by atoms with Crippen molar-refractivity contribution in [2.45, 2.75) is 31.5 Å². The van der Waals surface area contributed by atoms with Crippen LogP contribution in [-0.2, 0) is 9.59 Å². The molecule has 2 saturated heterocycles. The van der Waals surface area contributed by atoms with Crippen LogP contribution in [0.25, 0.3) is 0 Å². The molecule has 3 rings (SSSR count). The van der Waals surface area contributed by atoms with Crippen molar-refractivity contribution in [3.05, 3.63) is 29.8 Å². The van der Waals surface area contributed by atoms with Crippen LogP contribution >= 0.6 is 0 Å². The number of hydrogen-bond acceptors (Lipinski definition) is 5. The summed E-state index contributed by atoms with van der Waals surface area (Å²) in [4.78, 5) is 38.5. The van der Waals surface area contributed by atoms with Crippen LogP contribution in [0.15, 0.2) is 18.2 Å². The van der Waals surface area contributed by atoms with E-state index in [2.05, 4.69) is 5.32 Å². The number of carbonyl (C=O) groups is 3. The lowest BCUT2D eigenvalue weighted by atomic mass is 10.1. The summed E-state index contributed by atoms with van der Waals surface area (Å²) in [6.07, 6.45) is -0.376. The molecule has 2 atom stereocenters. The van der Waals surface area contributed by atoms with Gasteiger partial charge in [-0.15, -0.1) is 0 Å². The highest BCUT2D eigenvalue weighted by Gasteiger charge is 2.44. The van der Waals surface area contributed by atoms with Gasteiger partial charge in [-0.2, -0.15) is 0 Å². The van der Waals surface area contributed by atoms with Gasteiger partial charge in [0.05, 0.1) is 0 Å². The van der Waals surface area contributed by atoms with E-state index in [1.54, 1.807) is 4.90 Å². The standard InChI is InChI=1S/C17H20F2N4O4/c1-10-9-22(4-5-23(10)13-7-11(18)6-12(19)8-13)14(24)2-3-17(27)15(25)20-16(26)21-17/h6-8,10,27H,2-5,9H2,1H3,(H2,20,21,25,26)/t10-,17-/m0/s1. The van der Waals surface area contributed by atoms with Gasteiger partial charge < -0.3 is 20.2 Å². The predicted molar refractivity (Wildman–Crippen MR) is 90.6 cm³/mol. The maximum absolute atomic E-state index is 13.4. The molecule has 10 heteroatoms. The van der Waals surface area contributed by atoms with Crippen molar-refractivity contribution in [1.82, 2.24) is 15.5 Å². The van der Waals surface area contributed by atoms with E-state index < -0.39 is 29.3 Å². The molecule has 1 aromatic rings. The number of nitrogens with zero attached hydrogens (tertiary/aromatic N) is 2. The predicted octanol–water partition coefficient (Wildman–Crippen LogP) is 0.310. The number of carbonyl (C=O) groups excluding carboxylic acids is 3. The number of piperazine rings is 1. The Morgan fingerprint density at radius 2 is 1.93 bits per heavy atom. The normalized spacial score (nSPS) is 25.4. The topological polar surface area (TPSA) is 102 Å². The van der Waals surface area contributed by atoms with E-state index in [4.69, 9.17) is 0 Å². The zero-order valence-electron chi connectivity index (χ0n) is 14.7. The van der Waals surface area contributed by atoms with Crippen molar-refractivity contribution >= 4 is 23.5 Å². The molecule has 0 aromatic heterocycles. The second-order valence-corrected chi connectivity index (χ2v) is 6.78. The van der Waals surface area contributed by atoms with Crippen LogP contribution in [0.2, 0.25) is 0 Å². The second kappa shape index (κ2) is 7.10. The number of hydrogen-bond donors (Lipinski definition) is 3. The van der Waals surface area contributed by atoms with Crippen LogP contribution in [-0.4, -0.2) is 59.3 Å². The Hall–Kier alpha value is -2.75. The molecule has 0 radical (unpaired) electrons. The molecule has 2 heterocycles. The first-order valence-electron chi connectivity index (χ1n) is 8.54. The largest absolute Gasteiger partial charge is 0.365 e. The number of rotatable bonds is 4. The zero-order valence-corrected chi connectivity index (χ0v) is 14.7. The minimum Gasteiger partial charge on any atom is -0.365 e. The number of benzene rings is 1. The average molecular weight is 382 g/mol. The maximum Gasteiger partial charge on any atom is 0.324 e. The summed E-state index contributed by atoms with van der Waals surface area (Å²) in [6, 6.07) is 2.31. The fraction of sp³-hybridized carbons (Fsp3) is 0.471. The zero-order chi connectivity index (χ0) is 19.8. The summed E-state index contributed by atoms with van der Waals surface area (Å²) in [5, 5.41) is 14.1. The van der Waals surface area contributed by atoms with E-state index in [-0.39, 0.29) is 24.8 Å². The monoisotopic (exact) mass is 382 g/mol. The van der Waals surface area contributed by atoms with Crippen LogP contribution in [0.3, 0.4) is 0 Å². The van der Waals surface area contributed by atoms with Crippen LogP contribution < -0.4 is 15.5 Å². The van der Waals surface area contributed by atoms with Crippen molar-refractivity contribution in [1.29, 1.82) is 0 Å². The highest BCUT2D eigenvalue weighted by atomic mass is 19.1. The van der Waals surface area contributed by atoms with Crippen molar-refractivity contribution in [2.75, 3.05) is 24.5 Å². The second-order valence-electron chi connectivity index (χ2n) is 6.78. The Morgan fingerprint density at radius 1 is 1.26 bits per heavy atom. The highest BCUT2D eigenvalue weighted by molar-refractivity contribution is 6.06. The van der Waals surface area contributed by atoms with E-state index in [0.29, 0.717) is 25.3 Å². The minimum absolute atomic E-state index is 0.133. The molecule has 8 nitrogen and oxygen atoms in total. The molecular weight excluding hydrogens is 362 g/mol. The molecule has 2 aliphatic rings.